The van der Waals surface area contributed by atoms with Crippen molar-refractivity contribution in [2.75, 3.05) is 11.9 Å². The van der Waals surface area contributed by atoms with Crippen LogP contribution in [-0.4, -0.2) is 18.1 Å². The van der Waals surface area contributed by atoms with Crippen molar-refractivity contribution in [3.05, 3.63) is 29.8 Å². The van der Waals surface area contributed by atoms with E-state index in [-0.39, 0.29) is 5.91 Å². The molecule has 0 aromatic heterocycles. The summed E-state index contributed by atoms with van der Waals surface area (Å²) in [5, 5.41) is 9.43. The molecule has 1 heterocycles. The molecule has 0 bridgehead atoms. The van der Waals surface area contributed by atoms with Crippen LogP contribution in [0.1, 0.15) is 11.7 Å². The summed E-state index contributed by atoms with van der Waals surface area (Å²) in [7, 11) is 1.66. The van der Waals surface area contributed by atoms with Crippen LogP contribution >= 0.6 is 0 Å². The zero-order valence-electron chi connectivity index (χ0n) is 6.69. The van der Waals surface area contributed by atoms with Gasteiger partial charge in [-0.15, -0.1) is 0 Å². The molecule has 0 fully saturated rings. The molecule has 62 valence electrons. The first-order chi connectivity index (χ1) is 5.72. The molecule has 0 spiro atoms. The summed E-state index contributed by atoms with van der Waals surface area (Å²) in [6, 6.07) is 7.25. The quantitative estimate of drug-likeness (QED) is 0.611. The highest BCUT2D eigenvalue weighted by Gasteiger charge is 2.32. The Morgan fingerprint density at radius 3 is 2.75 bits per heavy atom. The summed E-state index contributed by atoms with van der Waals surface area (Å²) in [6.07, 6.45) is -0.966. The van der Waals surface area contributed by atoms with Gasteiger partial charge in [0.2, 0.25) is 0 Å². The Bertz CT molecular complexity index is 304. The highest BCUT2D eigenvalue weighted by atomic mass is 16.3. The van der Waals surface area contributed by atoms with Crippen LogP contribution in [0.15, 0.2) is 24.3 Å². The summed E-state index contributed by atoms with van der Waals surface area (Å²) in [5.41, 5.74) is 1.50. The van der Waals surface area contributed by atoms with E-state index in [1.807, 2.05) is 18.2 Å². The van der Waals surface area contributed by atoms with Crippen molar-refractivity contribution < 1.29 is 9.90 Å². The largest absolute Gasteiger partial charge is 0.378 e. The van der Waals surface area contributed by atoms with Crippen LogP contribution in [0.25, 0.3) is 0 Å². The normalized spacial score (nSPS) is 21.3. The zero-order chi connectivity index (χ0) is 8.72. The van der Waals surface area contributed by atoms with Gasteiger partial charge in [-0.2, -0.15) is 0 Å². The highest BCUT2D eigenvalue weighted by Crippen LogP contribution is 2.33. The number of carbonyl (C=O) groups excluding carboxylic acids is 1. The summed E-state index contributed by atoms with van der Waals surface area (Å²) in [4.78, 5) is 12.7. The second-order valence-corrected chi connectivity index (χ2v) is 2.86. The van der Waals surface area contributed by atoms with E-state index in [1.165, 1.54) is 4.90 Å². The van der Waals surface area contributed by atoms with Gasteiger partial charge in [0, 0.05) is 18.3 Å². The van der Waals surface area contributed by atoms with Gasteiger partial charge < -0.3 is 10.0 Å². The monoisotopic (exact) mass is 163 g/mol. The van der Waals surface area contributed by atoms with Crippen molar-refractivity contribution in [1.82, 2.24) is 0 Å². The summed E-state index contributed by atoms with van der Waals surface area (Å²) in [5.74, 6) is -0.254. The van der Waals surface area contributed by atoms with Crippen LogP contribution in [0, 0.1) is 0 Å². The predicted molar refractivity (Wildman–Crippen MR) is 44.8 cm³/mol. The van der Waals surface area contributed by atoms with Gasteiger partial charge in [-0.25, -0.2) is 0 Å². The second kappa shape index (κ2) is 2.32. The van der Waals surface area contributed by atoms with E-state index in [1.54, 1.807) is 13.1 Å². The number of amides is 1. The van der Waals surface area contributed by atoms with Crippen LogP contribution in [0.2, 0.25) is 0 Å². The van der Waals surface area contributed by atoms with E-state index in [4.69, 9.17) is 0 Å². The Morgan fingerprint density at radius 1 is 1.42 bits per heavy atom. The number of rotatable bonds is 0. The van der Waals surface area contributed by atoms with Crippen molar-refractivity contribution >= 4 is 11.6 Å². The van der Waals surface area contributed by atoms with Gasteiger partial charge >= 0.3 is 0 Å². The van der Waals surface area contributed by atoms with Crippen LogP contribution in [0.4, 0.5) is 5.69 Å². The van der Waals surface area contributed by atoms with Gasteiger partial charge in [-0.3, -0.25) is 4.79 Å². The number of hydrogen-bond acceptors (Lipinski definition) is 2. The number of fused-ring (bicyclic) bond motifs is 1. The third kappa shape index (κ3) is 0.769. The molecule has 0 saturated heterocycles. The van der Waals surface area contributed by atoms with E-state index in [2.05, 4.69) is 0 Å². The van der Waals surface area contributed by atoms with Gasteiger partial charge in [-0.05, 0) is 6.07 Å². The zero-order valence-corrected chi connectivity index (χ0v) is 6.69. The Morgan fingerprint density at radius 2 is 2.08 bits per heavy atom. The molecule has 3 heteroatoms. The minimum Gasteiger partial charge on any atom is -0.378 e. The number of para-hydroxylation sites is 1. The maximum atomic E-state index is 11.2. The Kier molecular flexibility index (Phi) is 1.41. The number of anilines is 1. The van der Waals surface area contributed by atoms with Crippen molar-refractivity contribution in [2.45, 2.75) is 6.10 Å². The smallest absolute Gasteiger partial charge is 0.260 e. The number of benzene rings is 1. The number of likely N-dealkylation sites (N-methyl/N-ethyl adjacent to an activating group) is 1. The Hall–Kier alpha value is -1.35. The lowest BCUT2D eigenvalue weighted by atomic mass is 10.1. The minimum atomic E-state index is -0.966. The molecule has 3 nitrogen and oxygen atoms in total. The van der Waals surface area contributed by atoms with Gasteiger partial charge in [0.1, 0.15) is 0 Å². The fourth-order valence-corrected chi connectivity index (χ4v) is 1.46. The first-order valence-corrected chi connectivity index (χ1v) is 3.76. The molecule has 1 N–H and O–H groups in total. The number of carbonyl (C=O) groups is 1. The van der Waals surface area contributed by atoms with Crippen molar-refractivity contribution in [1.29, 1.82) is 0 Å². The highest BCUT2D eigenvalue weighted by molar-refractivity contribution is 6.03. The topological polar surface area (TPSA) is 40.5 Å². The molecule has 1 amide bonds. The molecule has 1 aliphatic rings. The lowest BCUT2D eigenvalue weighted by Crippen LogP contribution is -2.23. The number of aliphatic hydroxyl groups excluding tert-OH is 1. The van der Waals surface area contributed by atoms with Crippen LogP contribution < -0.4 is 4.90 Å². The molecular weight excluding hydrogens is 154 g/mol. The lowest BCUT2D eigenvalue weighted by molar-refractivity contribution is -0.125. The lowest BCUT2D eigenvalue weighted by Gasteiger charge is -2.08. The second-order valence-electron chi connectivity index (χ2n) is 2.86. The maximum Gasteiger partial charge on any atom is 0.260 e. The summed E-state index contributed by atoms with van der Waals surface area (Å²) in [6.45, 7) is 0. The van der Waals surface area contributed by atoms with Crippen LogP contribution in [0.3, 0.4) is 0 Å². The molecule has 1 aromatic rings. The molecule has 2 rings (SSSR count). The number of nitrogens with zero attached hydrogens (tertiary/aromatic N) is 1. The molecule has 0 saturated carbocycles. The first kappa shape index (κ1) is 7.31. The predicted octanol–water partition coefficient (Wildman–Crippen LogP) is 0.696. The fraction of sp³-hybridized carbons (Fsp3) is 0.222. The molecule has 1 aromatic carbocycles. The standard InChI is InChI=1S/C9H9NO2/c1-10-7-5-3-2-4-6(7)8(11)9(10)12/h2-5,8,11H,1H3. The molecule has 1 unspecified atom stereocenters. The average molecular weight is 163 g/mol. The summed E-state index contributed by atoms with van der Waals surface area (Å²) < 4.78 is 0. The van der Waals surface area contributed by atoms with E-state index in [9.17, 15) is 9.90 Å². The molecule has 0 aliphatic carbocycles. The Labute approximate surface area is 70.2 Å². The number of hydrogen-bond donors (Lipinski definition) is 1. The van der Waals surface area contributed by atoms with Crippen LogP contribution in [0.5, 0.6) is 0 Å². The summed E-state index contributed by atoms with van der Waals surface area (Å²) >= 11 is 0. The van der Waals surface area contributed by atoms with Crippen molar-refractivity contribution in [3.63, 3.8) is 0 Å². The van der Waals surface area contributed by atoms with Crippen molar-refractivity contribution in [2.24, 2.45) is 0 Å². The molecule has 1 aliphatic heterocycles. The molecule has 12 heavy (non-hydrogen) atoms. The average Bonchev–Trinajstić information content (AvgIpc) is 2.33. The minimum absolute atomic E-state index is 0.254. The number of aliphatic hydroxyl groups is 1. The first-order valence-electron chi connectivity index (χ1n) is 3.76. The van der Waals surface area contributed by atoms with Gasteiger partial charge in [-0.1, -0.05) is 18.2 Å². The Balaban J connectivity index is 2.59. The third-order valence-corrected chi connectivity index (χ3v) is 2.16. The molecule has 0 radical (unpaired) electrons. The SMILES string of the molecule is CN1C(=O)C(O)c2ccccc21. The van der Waals surface area contributed by atoms with E-state index in [0.717, 1.165) is 5.69 Å². The van der Waals surface area contributed by atoms with E-state index < -0.39 is 6.10 Å². The van der Waals surface area contributed by atoms with Crippen LogP contribution in [-0.2, 0) is 4.79 Å². The van der Waals surface area contributed by atoms with E-state index in [0.29, 0.717) is 5.56 Å². The van der Waals surface area contributed by atoms with E-state index >= 15 is 0 Å². The maximum absolute atomic E-state index is 11.2. The molecular formula is C9H9NO2. The van der Waals surface area contributed by atoms with Gasteiger partial charge in [0.25, 0.3) is 5.91 Å². The third-order valence-electron chi connectivity index (χ3n) is 2.16. The van der Waals surface area contributed by atoms with Crippen molar-refractivity contribution in [3.8, 4) is 0 Å². The molecule has 1 atom stereocenters. The van der Waals surface area contributed by atoms with Gasteiger partial charge in [0.05, 0.1) is 0 Å². The fourth-order valence-electron chi connectivity index (χ4n) is 1.46. The van der Waals surface area contributed by atoms with Gasteiger partial charge in [0.15, 0.2) is 6.10 Å².